The third-order valence-electron chi connectivity index (χ3n) is 3.48. The van der Waals surface area contributed by atoms with E-state index in [1.807, 2.05) is 6.92 Å². The highest BCUT2D eigenvalue weighted by atomic mass is 35.5. The van der Waals surface area contributed by atoms with Crippen molar-refractivity contribution >= 4 is 29.0 Å². The second-order valence-electron chi connectivity index (χ2n) is 5.29. The van der Waals surface area contributed by atoms with Crippen LogP contribution in [0.15, 0.2) is 42.5 Å². The maximum atomic E-state index is 12.4. The van der Waals surface area contributed by atoms with Crippen LogP contribution in [0.2, 0.25) is 5.02 Å². The predicted molar refractivity (Wildman–Crippen MR) is 94.9 cm³/mol. The van der Waals surface area contributed by atoms with Gasteiger partial charge in [0.2, 0.25) is 5.78 Å². The molecule has 0 bridgehead atoms. The van der Waals surface area contributed by atoms with Gasteiger partial charge in [-0.1, -0.05) is 11.6 Å². The van der Waals surface area contributed by atoms with Crippen LogP contribution in [-0.2, 0) is 4.74 Å². The molecule has 2 aromatic carbocycles. The Morgan fingerprint density at radius 2 is 1.77 bits per heavy atom. The molecule has 0 amide bonds. The summed E-state index contributed by atoms with van der Waals surface area (Å²) < 4.78 is 10.4. The van der Waals surface area contributed by atoms with Gasteiger partial charge in [0.05, 0.1) is 17.1 Å². The van der Waals surface area contributed by atoms with Crippen molar-refractivity contribution in [2.75, 3.05) is 6.61 Å². The third-order valence-corrected chi connectivity index (χ3v) is 3.80. The van der Waals surface area contributed by atoms with Crippen molar-refractivity contribution in [1.29, 1.82) is 0 Å². The zero-order chi connectivity index (χ0) is 19.3. The summed E-state index contributed by atoms with van der Waals surface area (Å²) in [4.78, 5) is 34.7. The number of hydrogen-bond donors (Lipinski definition) is 0. The van der Waals surface area contributed by atoms with Crippen molar-refractivity contribution in [3.05, 3.63) is 68.7 Å². The highest BCUT2D eigenvalue weighted by Gasteiger charge is 2.22. The van der Waals surface area contributed by atoms with Gasteiger partial charge in [0.25, 0.3) is 5.69 Å². The van der Waals surface area contributed by atoms with Crippen LogP contribution in [0.25, 0.3) is 0 Å². The molecular weight excluding hydrogens is 362 g/mol. The molecule has 2 rings (SSSR count). The Hall–Kier alpha value is -2.93. The van der Waals surface area contributed by atoms with Gasteiger partial charge < -0.3 is 9.47 Å². The lowest BCUT2D eigenvalue weighted by molar-refractivity contribution is -0.384. The van der Waals surface area contributed by atoms with Gasteiger partial charge in [0, 0.05) is 11.6 Å². The normalized spacial score (nSPS) is 11.5. The lowest BCUT2D eigenvalue weighted by atomic mass is 10.1. The van der Waals surface area contributed by atoms with E-state index in [-0.39, 0.29) is 10.6 Å². The van der Waals surface area contributed by atoms with Crippen LogP contribution in [0.4, 0.5) is 5.69 Å². The van der Waals surface area contributed by atoms with Crippen LogP contribution < -0.4 is 4.74 Å². The molecule has 0 spiro atoms. The van der Waals surface area contributed by atoms with Crippen molar-refractivity contribution in [3.63, 3.8) is 0 Å². The number of benzene rings is 2. The number of rotatable bonds is 7. The lowest BCUT2D eigenvalue weighted by Gasteiger charge is -2.13. The van der Waals surface area contributed by atoms with E-state index >= 15 is 0 Å². The number of carbonyl (C=O) groups is 2. The summed E-state index contributed by atoms with van der Waals surface area (Å²) in [5, 5.41) is 10.8. The molecule has 0 heterocycles. The summed E-state index contributed by atoms with van der Waals surface area (Å²) in [5.41, 5.74) is -0.116. The molecule has 2 aromatic rings. The Bertz CT molecular complexity index is 834. The van der Waals surface area contributed by atoms with E-state index in [0.717, 1.165) is 6.07 Å². The van der Waals surface area contributed by atoms with E-state index in [2.05, 4.69) is 0 Å². The minimum absolute atomic E-state index is 0.0626. The van der Waals surface area contributed by atoms with Crippen LogP contribution in [0, 0.1) is 10.1 Å². The van der Waals surface area contributed by atoms with E-state index < -0.39 is 28.5 Å². The van der Waals surface area contributed by atoms with Crippen LogP contribution in [0.5, 0.6) is 5.75 Å². The van der Waals surface area contributed by atoms with E-state index in [4.69, 9.17) is 21.1 Å². The number of nitro benzene ring substituents is 1. The van der Waals surface area contributed by atoms with Crippen LogP contribution in [-0.4, -0.2) is 29.4 Å². The zero-order valence-electron chi connectivity index (χ0n) is 14.1. The molecule has 0 radical (unpaired) electrons. The average Bonchev–Trinajstić information content (AvgIpc) is 2.62. The number of ether oxygens (including phenoxy) is 2. The van der Waals surface area contributed by atoms with Gasteiger partial charge in [-0.05, 0) is 50.2 Å². The lowest BCUT2D eigenvalue weighted by Crippen LogP contribution is -2.24. The number of nitrogens with zero attached hydrogens (tertiary/aromatic N) is 1. The highest BCUT2D eigenvalue weighted by Crippen LogP contribution is 2.25. The summed E-state index contributed by atoms with van der Waals surface area (Å²) in [6, 6.07) is 9.98. The largest absolute Gasteiger partial charge is 0.494 e. The Labute approximate surface area is 154 Å². The Balaban J connectivity index is 2.09. The number of carbonyl (C=O) groups excluding carboxylic acids is 2. The maximum Gasteiger partial charge on any atom is 0.339 e. The first-order valence-electron chi connectivity index (χ1n) is 7.75. The van der Waals surface area contributed by atoms with E-state index in [1.165, 1.54) is 19.1 Å². The predicted octanol–water partition coefficient (Wildman–Crippen LogP) is 4.08. The summed E-state index contributed by atoms with van der Waals surface area (Å²) >= 11 is 5.71. The topological polar surface area (TPSA) is 95.7 Å². The van der Waals surface area contributed by atoms with Gasteiger partial charge in [-0.25, -0.2) is 4.79 Å². The van der Waals surface area contributed by atoms with Crippen LogP contribution in [0.3, 0.4) is 0 Å². The van der Waals surface area contributed by atoms with Crippen LogP contribution >= 0.6 is 11.6 Å². The fourth-order valence-corrected chi connectivity index (χ4v) is 2.37. The molecule has 8 heteroatoms. The Kier molecular flexibility index (Phi) is 6.30. The zero-order valence-corrected chi connectivity index (χ0v) is 14.9. The second-order valence-corrected chi connectivity index (χ2v) is 5.70. The van der Waals surface area contributed by atoms with E-state index in [0.29, 0.717) is 17.9 Å². The van der Waals surface area contributed by atoms with E-state index in [9.17, 15) is 19.7 Å². The summed E-state index contributed by atoms with van der Waals surface area (Å²) in [7, 11) is 0. The summed E-state index contributed by atoms with van der Waals surface area (Å²) in [6.07, 6.45) is -1.06. The van der Waals surface area contributed by atoms with Crippen molar-refractivity contribution in [2.45, 2.75) is 20.0 Å². The van der Waals surface area contributed by atoms with Crippen molar-refractivity contribution < 1.29 is 24.0 Å². The van der Waals surface area contributed by atoms with E-state index in [1.54, 1.807) is 24.3 Å². The summed E-state index contributed by atoms with van der Waals surface area (Å²) in [6.45, 7) is 3.79. The van der Waals surface area contributed by atoms with Crippen molar-refractivity contribution in [3.8, 4) is 5.75 Å². The molecule has 26 heavy (non-hydrogen) atoms. The Morgan fingerprint density at radius 3 is 2.35 bits per heavy atom. The minimum Gasteiger partial charge on any atom is -0.494 e. The molecule has 0 saturated heterocycles. The molecular formula is C18H16ClNO6. The van der Waals surface area contributed by atoms with Gasteiger partial charge in [0.15, 0.2) is 6.10 Å². The third kappa shape index (κ3) is 4.58. The molecule has 0 unspecified atom stereocenters. The second kappa shape index (κ2) is 8.44. The van der Waals surface area contributed by atoms with Gasteiger partial charge in [-0.2, -0.15) is 0 Å². The van der Waals surface area contributed by atoms with Gasteiger partial charge >= 0.3 is 5.97 Å². The molecule has 0 aliphatic heterocycles. The molecule has 136 valence electrons. The minimum atomic E-state index is -1.06. The number of nitro groups is 1. The van der Waals surface area contributed by atoms with Gasteiger partial charge in [0.1, 0.15) is 10.8 Å². The first kappa shape index (κ1) is 19.4. The van der Waals surface area contributed by atoms with Gasteiger partial charge in [-0.3, -0.25) is 14.9 Å². The first-order chi connectivity index (χ1) is 12.3. The molecule has 1 atom stereocenters. The summed E-state index contributed by atoms with van der Waals surface area (Å²) in [5.74, 6) is -0.622. The van der Waals surface area contributed by atoms with Crippen LogP contribution in [0.1, 0.15) is 34.6 Å². The molecule has 0 aliphatic rings. The molecule has 0 saturated carbocycles. The maximum absolute atomic E-state index is 12.4. The standard InChI is InChI=1S/C18H16ClNO6/c1-3-25-14-7-4-12(5-8-14)17(21)11(2)26-18(22)13-6-9-15(19)16(10-13)20(23)24/h4-11H,3H2,1-2H3/t11-/m1/s1. The SMILES string of the molecule is CCOc1ccc(C(=O)[C@@H](C)OC(=O)c2ccc(Cl)c([N+](=O)[O-])c2)cc1. The number of hydrogen-bond acceptors (Lipinski definition) is 6. The molecule has 0 N–H and O–H groups in total. The Morgan fingerprint density at radius 1 is 1.15 bits per heavy atom. The molecule has 7 nitrogen and oxygen atoms in total. The van der Waals surface area contributed by atoms with Gasteiger partial charge in [-0.15, -0.1) is 0 Å². The molecule has 0 aromatic heterocycles. The number of Topliss-reactive ketones (excluding diaryl/α,β-unsaturated/α-hetero) is 1. The average molecular weight is 378 g/mol. The fourth-order valence-electron chi connectivity index (χ4n) is 2.18. The highest BCUT2D eigenvalue weighted by molar-refractivity contribution is 6.32. The fraction of sp³-hybridized carbons (Fsp3) is 0.222. The smallest absolute Gasteiger partial charge is 0.339 e. The molecule has 0 aliphatic carbocycles. The number of halogens is 1. The van der Waals surface area contributed by atoms with Crippen molar-refractivity contribution in [1.82, 2.24) is 0 Å². The first-order valence-corrected chi connectivity index (χ1v) is 8.13. The van der Waals surface area contributed by atoms with Crippen molar-refractivity contribution in [2.24, 2.45) is 0 Å². The quantitative estimate of drug-likeness (QED) is 0.312. The number of esters is 1. The number of ketones is 1. The molecule has 0 fully saturated rings. The monoisotopic (exact) mass is 377 g/mol.